The van der Waals surface area contributed by atoms with Crippen LogP contribution in [0.5, 0.6) is 0 Å². The predicted molar refractivity (Wildman–Crippen MR) is 99.4 cm³/mol. The number of hydrogen-bond donors (Lipinski definition) is 0. The molecule has 0 saturated heterocycles. The zero-order chi connectivity index (χ0) is 17.3. The number of benzene rings is 2. The summed E-state index contributed by atoms with van der Waals surface area (Å²) < 4.78 is 0. The average molecular weight is 319 g/mol. The lowest BCUT2D eigenvalue weighted by molar-refractivity contribution is 0.823. The van der Waals surface area contributed by atoms with E-state index < -0.39 is 0 Å². The molecule has 0 atom stereocenters. The van der Waals surface area contributed by atoms with Gasteiger partial charge in [-0.15, -0.1) is 0 Å². The SMILES string of the molecule is CCN(Cc1ccccc1)c1c(-c2ccc(C)c(C)c2)c(=O)c1=O. The van der Waals surface area contributed by atoms with Crippen LogP contribution in [0.1, 0.15) is 23.6 Å². The molecule has 3 nitrogen and oxygen atoms in total. The Morgan fingerprint density at radius 3 is 2.21 bits per heavy atom. The van der Waals surface area contributed by atoms with Gasteiger partial charge in [0.2, 0.25) is 10.9 Å². The molecule has 122 valence electrons. The van der Waals surface area contributed by atoms with Crippen LogP contribution in [0.3, 0.4) is 0 Å². The molecule has 0 heterocycles. The Bertz CT molecular complexity index is 934. The van der Waals surface area contributed by atoms with Gasteiger partial charge >= 0.3 is 0 Å². The van der Waals surface area contributed by atoms with Crippen LogP contribution in [-0.2, 0) is 6.54 Å². The van der Waals surface area contributed by atoms with Crippen LogP contribution in [0.4, 0.5) is 5.69 Å². The summed E-state index contributed by atoms with van der Waals surface area (Å²) >= 11 is 0. The molecule has 0 aliphatic carbocycles. The van der Waals surface area contributed by atoms with Crippen LogP contribution in [-0.4, -0.2) is 6.54 Å². The number of nitrogens with zero attached hydrogens (tertiary/aromatic N) is 1. The summed E-state index contributed by atoms with van der Waals surface area (Å²) in [6.45, 7) is 7.36. The Balaban J connectivity index is 2.02. The Kier molecular flexibility index (Phi) is 4.34. The van der Waals surface area contributed by atoms with E-state index in [1.807, 2.05) is 74.2 Å². The molecule has 3 aromatic carbocycles. The minimum absolute atomic E-state index is 0.374. The summed E-state index contributed by atoms with van der Waals surface area (Å²) in [4.78, 5) is 26.4. The van der Waals surface area contributed by atoms with Gasteiger partial charge in [-0.05, 0) is 43.0 Å². The van der Waals surface area contributed by atoms with Crippen molar-refractivity contribution in [1.82, 2.24) is 0 Å². The summed E-state index contributed by atoms with van der Waals surface area (Å²) in [5.41, 5.74) is 4.62. The van der Waals surface area contributed by atoms with Crippen LogP contribution >= 0.6 is 0 Å². The third-order valence-corrected chi connectivity index (χ3v) is 4.59. The first kappa shape index (κ1) is 16.2. The quantitative estimate of drug-likeness (QED) is 0.674. The molecule has 0 unspecified atom stereocenters. The molecule has 0 aromatic heterocycles. The first-order valence-corrected chi connectivity index (χ1v) is 8.22. The second kappa shape index (κ2) is 6.44. The maximum atomic E-state index is 12.2. The van der Waals surface area contributed by atoms with E-state index in [9.17, 15) is 9.59 Å². The molecule has 0 aliphatic heterocycles. The lowest BCUT2D eigenvalue weighted by Gasteiger charge is -2.26. The van der Waals surface area contributed by atoms with Gasteiger partial charge in [0, 0.05) is 13.1 Å². The number of hydrogen-bond acceptors (Lipinski definition) is 3. The number of anilines is 1. The fraction of sp³-hybridized carbons (Fsp3) is 0.238. The predicted octanol–water partition coefficient (Wildman–Crippen LogP) is 3.59. The highest BCUT2D eigenvalue weighted by Crippen LogP contribution is 2.29. The summed E-state index contributed by atoms with van der Waals surface area (Å²) in [6.07, 6.45) is 0. The summed E-state index contributed by atoms with van der Waals surface area (Å²) in [6, 6.07) is 15.9. The molecule has 0 spiro atoms. The average Bonchev–Trinajstić information content (AvgIpc) is 2.60. The van der Waals surface area contributed by atoms with Crippen molar-refractivity contribution in [3.05, 3.63) is 85.7 Å². The highest BCUT2D eigenvalue weighted by molar-refractivity contribution is 5.83. The van der Waals surface area contributed by atoms with Gasteiger partial charge in [0.05, 0.1) is 5.56 Å². The standard InChI is InChI=1S/C21H21NO2/c1-4-22(13-16-8-6-5-7-9-16)19-18(20(23)21(19)24)17-11-10-14(2)15(3)12-17/h5-12H,4,13H2,1-3H3. The van der Waals surface area contributed by atoms with Crippen molar-refractivity contribution in [2.75, 3.05) is 11.4 Å². The molecule has 0 radical (unpaired) electrons. The van der Waals surface area contributed by atoms with Crippen molar-refractivity contribution < 1.29 is 0 Å². The first-order chi connectivity index (χ1) is 11.5. The van der Waals surface area contributed by atoms with Crippen molar-refractivity contribution in [2.45, 2.75) is 27.3 Å². The van der Waals surface area contributed by atoms with Crippen LogP contribution in [0, 0.1) is 13.8 Å². The van der Waals surface area contributed by atoms with E-state index in [4.69, 9.17) is 0 Å². The molecule has 3 aromatic rings. The van der Waals surface area contributed by atoms with Crippen molar-refractivity contribution in [2.24, 2.45) is 0 Å². The van der Waals surface area contributed by atoms with E-state index >= 15 is 0 Å². The van der Waals surface area contributed by atoms with Gasteiger partial charge in [-0.1, -0.05) is 48.5 Å². The Hall–Kier alpha value is -2.68. The summed E-state index contributed by atoms with van der Waals surface area (Å²) in [5.74, 6) is 0. The third-order valence-electron chi connectivity index (χ3n) is 4.59. The maximum absolute atomic E-state index is 12.2. The van der Waals surface area contributed by atoms with Crippen molar-refractivity contribution >= 4 is 5.69 Å². The molecule has 0 amide bonds. The fourth-order valence-corrected chi connectivity index (χ4v) is 3.00. The molecule has 3 rings (SSSR count). The molecule has 0 bridgehead atoms. The van der Waals surface area contributed by atoms with Gasteiger partial charge in [-0.2, -0.15) is 0 Å². The zero-order valence-electron chi connectivity index (χ0n) is 14.3. The van der Waals surface area contributed by atoms with Gasteiger partial charge in [-0.3, -0.25) is 9.59 Å². The Labute approximate surface area is 141 Å². The maximum Gasteiger partial charge on any atom is 0.250 e. The summed E-state index contributed by atoms with van der Waals surface area (Å²) in [5, 5.41) is 0. The molecule has 0 fully saturated rings. The summed E-state index contributed by atoms with van der Waals surface area (Å²) in [7, 11) is 0. The number of rotatable bonds is 5. The van der Waals surface area contributed by atoms with E-state index in [0.29, 0.717) is 24.3 Å². The molecule has 3 heteroatoms. The van der Waals surface area contributed by atoms with Crippen molar-refractivity contribution in [1.29, 1.82) is 0 Å². The second-order valence-corrected chi connectivity index (χ2v) is 6.18. The largest absolute Gasteiger partial charge is 0.364 e. The van der Waals surface area contributed by atoms with Gasteiger partial charge in [-0.25, -0.2) is 0 Å². The van der Waals surface area contributed by atoms with Gasteiger partial charge < -0.3 is 4.90 Å². The fourth-order valence-electron chi connectivity index (χ4n) is 3.00. The highest BCUT2D eigenvalue weighted by atomic mass is 16.2. The van der Waals surface area contributed by atoms with Crippen molar-refractivity contribution in [3.8, 4) is 11.1 Å². The monoisotopic (exact) mass is 319 g/mol. The van der Waals surface area contributed by atoms with Gasteiger partial charge in [0.15, 0.2) is 0 Å². The van der Waals surface area contributed by atoms with E-state index in [2.05, 4.69) is 0 Å². The van der Waals surface area contributed by atoms with E-state index in [1.165, 1.54) is 5.56 Å². The van der Waals surface area contributed by atoms with Gasteiger partial charge in [0.1, 0.15) is 5.69 Å². The number of aryl methyl sites for hydroxylation is 2. The molecular formula is C21H21NO2. The molecule has 0 saturated carbocycles. The van der Waals surface area contributed by atoms with E-state index in [1.54, 1.807) is 0 Å². The minimum Gasteiger partial charge on any atom is -0.364 e. The molecule has 24 heavy (non-hydrogen) atoms. The van der Waals surface area contributed by atoms with E-state index in [0.717, 1.165) is 16.7 Å². The molecule has 0 N–H and O–H groups in total. The molecule has 0 aliphatic rings. The zero-order valence-corrected chi connectivity index (χ0v) is 14.3. The van der Waals surface area contributed by atoms with E-state index in [-0.39, 0.29) is 10.9 Å². The van der Waals surface area contributed by atoms with Crippen LogP contribution < -0.4 is 15.8 Å². The van der Waals surface area contributed by atoms with Crippen LogP contribution in [0.25, 0.3) is 11.1 Å². The lowest BCUT2D eigenvalue weighted by Crippen LogP contribution is -2.41. The highest BCUT2D eigenvalue weighted by Gasteiger charge is 2.26. The van der Waals surface area contributed by atoms with Crippen LogP contribution in [0.2, 0.25) is 0 Å². The molecular weight excluding hydrogens is 298 g/mol. The lowest BCUT2D eigenvalue weighted by atomic mass is 9.94. The Morgan fingerprint density at radius 1 is 0.875 bits per heavy atom. The van der Waals surface area contributed by atoms with Gasteiger partial charge in [0.25, 0.3) is 0 Å². The van der Waals surface area contributed by atoms with Crippen molar-refractivity contribution in [3.63, 3.8) is 0 Å². The topological polar surface area (TPSA) is 37.4 Å². The first-order valence-electron chi connectivity index (χ1n) is 8.22. The normalized spacial score (nSPS) is 11.0. The van der Waals surface area contributed by atoms with Crippen LogP contribution in [0.15, 0.2) is 58.1 Å². The third kappa shape index (κ3) is 2.78. The second-order valence-electron chi connectivity index (χ2n) is 6.18. The minimum atomic E-state index is -0.375. The Morgan fingerprint density at radius 2 is 1.58 bits per heavy atom. The smallest absolute Gasteiger partial charge is 0.250 e.